The lowest BCUT2D eigenvalue weighted by molar-refractivity contribution is -0.136. The highest BCUT2D eigenvalue weighted by Crippen LogP contribution is 2.25. The quantitative estimate of drug-likeness (QED) is 0.671. The summed E-state index contributed by atoms with van der Waals surface area (Å²) in [5, 5.41) is 0.843. The van der Waals surface area contributed by atoms with Gasteiger partial charge in [-0.15, -0.1) is 0 Å². The van der Waals surface area contributed by atoms with Gasteiger partial charge < -0.3 is 0 Å². The van der Waals surface area contributed by atoms with Crippen molar-refractivity contribution in [2.75, 3.05) is 18.4 Å². The maximum atomic E-state index is 12.0. The zero-order valence-electron chi connectivity index (χ0n) is 9.40. The summed E-state index contributed by atoms with van der Waals surface area (Å²) >= 11 is 3.36. The van der Waals surface area contributed by atoms with Gasteiger partial charge in [0.05, 0.1) is 0 Å². The van der Waals surface area contributed by atoms with E-state index in [0.717, 1.165) is 24.7 Å². The molecule has 0 radical (unpaired) electrons. The molecule has 1 fully saturated rings. The molecule has 0 atom stereocenters. The van der Waals surface area contributed by atoms with E-state index in [1.807, 2.05) is 0 Å². The summed E-state index contributed by atoms with van der Waals surface area (Å²) in [6, 6.07) is 0.519. The highest BCUT2D eigenvalue weighted by molar-refractivity contribution is 9.09. The average Bonchev–Trinajstić information content (AvgIpc) is 2.67. The highest BCUT2D eigenvalue weighted by atomic mass is 79.9. The van der Waals surface area contributed by atoms with Crippen LogP contribution in [0.15, 0.2) is 0 Å². The lowest BCUT2D eigenvalue weighted by Gasteiger charge is -2.28. The molecule has 0 bridgehead atoms. The Morgan fingerprint density at radius 1 is 1.12 bits per heavy atom. The van der Waals surface area contributed by atoms with Crippen LogP contribution in [0.4, 0.5) is 13.2 Å². The maximum Gasteiger partial charge on any atom is 0.389 e. The van der Waals surface area contributed by atoms with Gasteiger partial charge in [0.15, 0.2) is 0 Å². The molecule has 0 N–H and O–H groups in total. The molecule has 0 aliphatic heterocycles. The van der Waals surface area contributed by atoms with Crippen LogP contribution in [0, 0.1) is 0 Å². The van der Waals surface area contributed by atoms with Crippen molar-refractivity contribution in [2.45, 2.75) is 50.7 Å². The maximum absolute atomic E-state index is 12.0. The molecule has 16 heavy (non-hydrogen) atoms. The second-order valence-corrected chi connectivity index (χ2v) is 5.17. The number of nitrogens with zero attached hydrogens (tertiary/aromatic N) is 1. The van der Waals surface area contributed by atoms with E-state index in [-0.39, 0.29) is 6.42 Å². The fourth-order valence-electron chi connectivity index (χ4n) is 2.34. The summed E-state index contributed by atoms with van der Waals surface area (Å²) < 4.78 is 36.1. The molecule has 0 spiro atoms. The van der Waals surface area contributed by atoms with Crippen molar-refractivity contribution in [3.05, 3.63) is 0 Å². The van der Waals surface area contributed by atoms with Gasteiger partial charge >= 0.3 is 6.18 Å². The Morgan fingerprint density at radius 2 is 1.75 bits per heavy atom. The van der Waals surface area contributed by atoms with E-state index < -0.39 is 12.6 Å². The van der Waals surface area contributed by atoms with Crippen molar-refractivity contribution < 1.29 is 13.2 Å². The third-order valence-corrected chi connectivity index (χ3v) is 3.47. The van der Waals surface area contributed by atoms with Gasteiger partial charge in [0.25, 0.3) is 0 Å². The van der Waals surface area contributed by atoms with Gasteiger partial charge in [-0.25, -0.2) is 0 Å². The Morgan fingerprint density at radius 3 is 2.25 bits per heavy atom. The number of hydrogen-bond acceptors (Lipinski definition) is 1. The minimum absolute atomic E-state index is 0.229. The molecule has 96 valence electrons. The monoisotopic (exact) mass is 301 g/mol. The van der Waals surface area contributed by atoms with E-state index in [1.165, 1.54) is 12.8 Å². The van der Waals surface area contributed by atoms with E-state index in [0.29, 0.717) is 12.6 Å². The first-order valence-corrected chi connectivity index (χ1v) is 7.02. The van der Waals surface area contributed by atoms with Crippen LogP contribution in [0.5, 0.6) is 0 Å². The second kappa shape index (κ2) is 6.84. The van der Waals surface area contributed by atoms with Crippen LogP contribution in [0.25, 0.3) is 0 Å². The molecule has 1 rings (SSSR count). The molecule has 5 heteroatoms. The van der Waals surface area contributed by atoms with E-state index in [1.54, 1.807) is 0 Å². The predicted octanol–water partition coefficient (Wildman–Crippen LogP) is 3.97. The zero-order valence-corrected chi connectivity index (χ0v) is 11.0. The van der Waals surface area contributed by atoms with Gasteiger partial charge in [-0.3, -0.25) is 4.90 Å². The van der Waals surface area contributed by atoms with E-state index in [2.05, 4.69) is 20.8 Å². The Balaban J connectivity index is 2.27. The molecule has 0 aromatic heterocycles. The van der Waals surface area contributed by atoms with E-state index >= 15 is 0 Å². The molecule has 1 nitrogen and oxygen atoms in total. The molecule has 1 saturated carbocycles. The van der Waals surface area contributed by atoms with Crippen LogP contribution in [0.1, 0.15) is 38.5 Å². The van der Waals surface area contributed by atoms with Gasteiger partial charge in [-0.1, -0.05) is 28.8 Å². The smallest absolute Gasteiger partial charge is 0.300 e. The van der Waals surface area contributed by atoms with Crippen LogP contribution >= 0.6 is 15.9 Å². The number of rotatable bonds is 6. The Hall–Kier alpha value is 0.230. The Labute approximate surface area is 104 Å². The van der Waals surface area contributed by atoms with Gasteiger partial charge in [-0.2, -0.15) is 13.2 Å². The number of alkyl halides is 4. The average molecular weight is 302 g/mol. The fourth-order valence-corrected chi connectivity index (χ4v) is 2.79. The van der Waals surface area contributed by atoms with E-state index in [4.69, 9.17) is 0 Å². The minimum atomic E-state index is -4.00. The predicted molar refractivity (Wildman–Crippen MR) is 62.9 cm³/mol. The van der Waals surface area contributed by atoms with Crippen LogP contribution in [0.2, 0.25) is 0 Å². The summed E-state index contributed by atoms with van der Waals surface area (Å²) in [5.41, 5.74) is 0. The highest BCUT2D eigenvalue weighted by Gasteiger charge is 2.28. The van der Waals surface area contributed by atoms with Crippen LogP contribution in [0.3, 0.4) is 0 Å². The van der Waals surface area contributed by atoms with Gasteiger partial charge in [-0.05, 0) is 25.8 Å². The topological polar surface area (TPSA) is 3.24 Å². The summed E-state index contributed by atoms with van der Waals surface area (Å²) in [6.45, 7) is 1.44. The largest absolute Gasteiger partial charge is 0.389 e. The Kier molecular flexibility index (Phi) is 6.11. The molecule has 1 aliphatic rings. The van der Waals surface area contributed by atoms with Crippen molar-refractivity contribution in [3.63, 3.8) is 0 Å². The summed E-state index contributed by atoms with van der Waals surface area (Å²) in [7, 11) is 0. The van der Waals surface area contributed by atoms with Gasteiger partial charge in [0.1, 0.15) is 0 Å². The normalized spacial score (nSPS) is 18.6. The van der Waals surface area contributed by atoms with Crippen LogP contribution in [-0.4, -0.2) is 35.5 Å². The van der Waals surface area contributed by atoms with Crippen LogP contribution < -0.4 is 0 Å². The third kappa shape index (κ3) is 5.53. The summed E-state index contributed by atoms with van der Waals surface area (Å²) in [5.74, 6) is 0. The zero-order chi connectivity index (χ0) is 12.0. The standard InChI is InChI=1S/C11H19BrF3N/c12-7-9-16(10-4-1-2-5-10)8-3-6-11(13,14)15/h10H,1-9H2. The van der Waals surface area contributed by atoms with Gasteiger partial charge in [0, 0.05) is 24.3 Å². The molecular weight excluding hydrogens is 283 g/mol. The molecule has 0 aromatic rings. The lowest BCUT2D eigenvalue weighted by Crippen LogP contribution is -2.36. The van der Waals surface area contributed by atoms with Gasteiger partial charge in [0.2, 0.25) is 0 Å². The molecular formula is C11H19BrF3N. The lowest BCUT2D eigenvalue weighted by atomic mass is 10.2. The molecule has 0 saturated heterocycles. The van der Waals surface area contributed by atoms with Crippen molar-refractivity contribution in [2.24, 2.45) is 0 Å². The van der Waals surface area contributed by atoms with E-state index in [9.17, 15) is 13.2 Å². The Bertz CT molecular complexity index is 190. The first-order chi connectivity index (χ1) is 7.53. The van der Waals surface area contributed by atoms with Crippen molar-refractivity contribution in [3.8, 4) is 0 Å². The number of halogens is 4. The van der Waals surface area contributed by atoms with Crippen molar-refractivity contribution >= 4 is 15.9 Å². The van der Waals surface area contributed by atoms with Crippen molar-refractivity contribution in [1.29, 1.82) is 0 Å². The molecule has 0 amide bonds. The molecule has 0 heterocycles. The molecule has 0 aromatic carbocycles. The second-order valence-electron chi connectivity index (χ2n) is 4.38. The van der Waals surface area contributed by atoms with Crippen molar-refractivity contribution in [1.82, 2.24) is 4.90 Å². The first-order valence-electron chi connectivity index (χ1n) is 5.89. The fraction of sp³-hybridized carbons (Fsp3) is 1.00. The first kappa shape index (κ1) is 14.3. The summed E-state index contributed by atoms with van der Waals surface area (Å²) in [6.07, 6.45) is 0.324. The minimum Gasteiger partial charge on any atom is -0.300 e. The SMILES string of the molecule is FC(F)(F)CCCN(CCBr)C1CCCC1. The summed E-state index contributed by atoms with van der Waals surface area (Å²) in [4.78, 5) is 2.22. The molecule has 0 unspecified atom stereocenters. The third-order valence-electron chi connectivity index (χ3n) is 3.12. The number of hydrogen-bond donors (Lipinski definition) is 0. The molecule has 1 aliphatic carbocycles. The van der Waals surface area contributed by atoms with Crippen LogP contribution in [-0.2, 0) is 0 Å².